The summed E-state index contributed by atoms with van der Waals surface area (Å²) in [5.74, 6) is 1.31. The van der Waals surface area contributed by atoms with Gasteiger partial charge in [-0.3, -0.25) is 0 Å². The van der Waals surface area contributed by atoms with E-state index in [1.165, 1.54) is 0 Å². The average molecular weight is 225 g/mol. The molecular weight excluding hydrogens is 214 g/mol. The van der Waals surface area contributed by atoms with Crippen molar-refractivity contribution in [2.75, 3.05) is 7.11 Å². The van der Waals surface area contributed by atoms with Crippen LogP contribution in [0.1, 0.15) is 11.5 Å². The van der Waals surface area contributed by atoms with Gasteiger partial charge in [0.2, 0.25) is 0 Å². The Morgan fingerprint density at radius 3 is 2.71 bits per heavy atom. The highest BCUT2D eigenvalue weighted by molar-refractivity contribution is 5.67. The molecule has 1 heterocycles. The van der Waals surface area contributed by atoms with Crippen molar-refractivity contribution < 1.29 is 4.74 Å². The lowest BCUT2D eigenvalue weighted by Gasteiger charge is -2.07. The molecule has 0 bridgehead atoms. The third kappa shape index (κ3) is 2.23. The van der Waals surface area contributed by atoms with Crippen molar-refractivity contribution in [3.8, 4) is 23.1 Å². The van der Waals surface area contributed by atoms with Gasteiger partial charge in [0.05, 0.1) is 12.8 Å². The van der Waals surface area contributed by atoms with E-state index in [2.05, 4.69) is 9.97 Å². The highest BCUT2D eigenvalue weighted by atomic mass is 16.5. The largest absolute Gasteiger partial charge is 0.496 e. The summed E-state index contributed by atoms with van der Waals surface area (Å²) in [7, 11) is 1.61. The molecule has 2 aromatic rings. The Balaban J connectivity index is 2.60. The third-order valence-corrected chi connectivity index (χ3v) is 2.34. The summed E-state index contributed by atoms with van der Waals surface area (Å²) >= 11 is 0. The molecule has 0 saturated carbocycles. The molecule has 0 spiro atoms. The van der Waals surface area contributed by atoms with Crippen molar-refractivity contribution in [2.45, 2.75) is 6.92 Å². The van der Waals surface area contributed by atoms with E-state index in [1.54, 1.807) is 20.1 Å². The molecular formula is C13H11N3O. The third-order valence-electron chi connectivity index (χ3n) is 2.34. The number of hydrogen-bond acceptors (Lipinski definition) is 4. The van der Waals surface area contributed by atoms with Gasteiger partial charge in [0.25, 0.3) is 0 Å². The first-order chi connectivity index (χ1) is 8.24. The minimum absolute atomic E-state index is 0.360. The zero-order valence-corrected chi connectivity index (χ0v) is 9.64. The maximum Gasteiger partial charge on any atom is 0.144 e. The maximum absolute atomic E-state index is 8.89. The Bertz CT molecular complexity index is 587. The Hall–Kier alpha value is -2.41. The Morgan fingerprint density at radius 2 is 2.00 bits per heavy atom. The van der Waals surface area contributed by atoms with Gasteiger partial charge in [-0.15, -0.1) is 0 Å². The molecule has 0 aliphatic carbocycles. The quantitative estimate of drug-likeness (QED) is 0.787. The molecule has 84 valence electrons. The first-order valence-corrected chi connectivity index (χ1v) is 5.14. The Kier molecular flexibility index (Phi) is 3.01. The summed E-state index contributed by atoms with van der Waals surface area (Å²) < 4.78 is 5.27. The molecule has 0 aliphatic rings. The fourth-order valence-corrected chi connectivity index (χ4v) is 1.62. The normalized spacial score (nSPS) is 9.71. The van der Waals surface area contributed by atoms with Gasteiger partial charge in [0.1, 0.15) is 23.3 Å². The van der Waals surface area contributed by atoms with Crippen LogP contribution in [-0.2, 0) is 0 Å². The van der Waals surface area contributed by atoms with Crippen LogP contribution in [0, 0.1) is 18.3 Å². The number of aromatic nitrogens is 2. The van der Waals surface area contributed by atoms with Crippen molar-refractivity contribution in [1.29, 1.82) is 5.26 Å². The summed E-state index contributed by atoms with van der Waals surface area (Å²) in [6, 6.07) is 11.2. The molecule has 0 fully saturated rings. The topological polar surface area (TPSA) is 58.8 Å². The van der Waals surface area contributed by atoms with Crippen molar-refractivity contribution in [3.63, 3.8) is 0 Å². The van der Waals surface area contributed by atoms with Crippen LogP contribution in [0.4, 0.5) is 0 Å². The van der Waals surface area contributed by atoms with E-state index in [0.29, 0.717) is 17.2 Å². The smallest absolute Gasteiger partial charge is 0.144 e. The minimum Gasteiger partial charge on any atom is -0.496 e. The Labute approximate surface area is 99.5 Å². The second-order valence-corrected chi connectivity index (χ2v) is 3.50. The second-order valence-electron chi connectivity index (χ2n) is 3.50. The average Bonchev–Trinajstić information content (AvgIpc) is 2.37. The SMILES string of the molecule is COc1ccccc1-c1cc(C#N)nc(C)n1. The molecule has 0 N–H and O–H groups in total. The van der Waals surface area contributed by atoms with Gasteiger partial charge in [-0.2, -0.15) is 5.26 Å². The van der Waals surface area contributed by atoms with Crippen LogP contribution in [0.5, 0.6) is 5.75 Å². The lowest BCUT2D eigenvalue weighted by atomic mass is 10.1. The first kappa shape index (κ1) is 11.1. The van der Waals surface area contributed by atoms with E-state index in [0.717, 1.165) is 11.3 Å². The standard InChI is InChI=1S/C13H11N3O/c1-9-15-10(8-14)7-12(16-9)11-5-3-4-6-13(11)17-2/h3-7H,1-2H3. The van der Waals surface area contributed by atoms with Gasteiger partial charge in [0, 0.05) is 11.6 Å². The van der Waals surface area contributed by atoms with Crippen LogP contribution >= 0.6 is 0 Å². The Morgan fingerprint density at radius 1 is 1.24 bits per heavy atom. The molecule has 0 saturated heterocycles. The molecule has 4 heteroatoms. The van der Waals surface area contributed by atoms with Crippen LogP contribution in [0.15, 0.2) is 30.3 Å². The molecule has 1 aromatic heterocycles. The van der Waals surface area contributed by atoms with E-state index in [9.17, 15) is 0 Å². The van der Waals surface area contributed by atoms with E-state index >= 15 is 0 Å². The van der Waals surface area contributed by atoms with Crippen LogP contribution < -0.4 is 4.74 Å². The van der Waals surface area contributed by atoms with Crippen LogP contribution in [0.2, 0.25) is 0 Å². The van der Waals surface area contributed by atoms with Crippen LogP contribution in [0.3, 0.4) is 0 Å². The summed E-state index contributed by atoms with van der Waals surface area (Å²) in [6.07, 6.45) is 0. The molecule has 0 unspecified atom stereocenters. The highest BCUT2D eigenvalue weighted by Gasteiger charge is 2.08. The first-order valence-electron chi connectivity index (χ1n) is 5.14. The number of ether oxygens (including phenoxy) is 1. The number of methoxy groups -OCH3 is 1. The summed E-state index contributed by atoms with van der Waals surface area (Å²) in [5.41, 5.74) is 1.92. The predicted molar refractivity (Wildman–Crippen MR) is 63.5 cm³/mol. The summed E-state index contributed by atoms with van der Waals surface area (Å²) in [6.45, 7) is 1.76. The molecule has 2 rings (SSSR count). The number of nitrogens with zero attached hydrogens (tertiary/aromatic N) is 3. The van der Waals surface area contributed by atoms with Gasteiger partial charge in [-0.25, -0.2) is 9.97 Å². The lowest BCUT2D eigenvalue weighted by Crippen LogP contribution is -1.96. The molecule has 4 nitrogen and oxygen atoms in total. The van der Waals surface area contributed by atoms with Crippen molar-refractivity contribution >= 4 is 0 Å². The second kappa shape index (κ2) is 4.62. The van der Waals surface area contributed by atoms with Crippen molar-refractivity contribution in [2.24, 2.45) is 0 Å². The van der Waals surface area contributed by atoms with Crippen LogP contribution in [0.25, 0.3) is 11.3 Å². The fourth-order valence-electron chi connectivity index (χ4n) is 1.62. The lowest BCUT2D eigenvalue weighted by molar-refractivity contribution is 0.416. The number of para-hydroxylation sites is 1. The van der Waals surface area contributed by atoms with Crippen LogP contribution in [-0.4, -0.2) is 17.1 Å². The number of rotatable bonds is 2. The summed E-state index contributed by atoms with van der Waals surface area (Å²) in [5, 5.41) is 8.89. The van der Waals surface area contributed by atoms with E-state index in [-0.39, 0.29) is 0 Å². The van der Waals surface area contributed by atoms with E-state index in [4.69, 9.17) is 10.00 Å². The van der Waals surface area contributed by atoms with E-state index in [1.807, 2.05) is 30.3 Å². The highest BCUT2D eigenvalue weighted by Crippen LogP contribution is 2.28. The molecule has 1 aromatic carbocycles. The number of benzene rings is 1. The number of nitriles is 1. The zero-order chi connectivity index (χ0) is 12.3. The number of hydrogen-bond donors (Lipinski definition) is 0. The van der Waals surface area contributed by atoms with Gasteiger partial charge in [-0.1, -0.05) is 12.1 Å². The summed E-state index contributed by atoms with van der Waals surface area (Å²) in [4.78, 5) is 8.34. The van der Waals surface area contributed by atoms with Gasteiger partial charge < -0.3 is 4.74 Å². The van der Waals surface area contributed by atoms with E-state index < -0.39 is 0 Å². The van der Waals surface area contributed by atoms with Crippen molar-refractivity contribution in [1.82, 2.24) is 9.97 Å². The maximum atomic E-state index is 8.89. The molecule has 0 atom stereocenters. The van der Waals surface area contributed by atoms with Gasteiger partial charge in [0.15, 0.2) is 0 Å². The van der Waals surface area contributed by atoms with Gasteiger partial charge in [-0.05, 0) is 19.1 Å². The van der Waals surface area contributed by atoms with Crippen molar-refractivity contribution in [3.05, 3.63) is 41.9 Å². The molecule has 0 amide bonds. The molecule has 0 aliphatic heterocycles. The fraction of sp³-hybridized carbons (Fsp3) is 0.154. The monoisotopic (exact) mass is 225 g/mol. The zero-order valence-electron chi connectivity index (χ0n) is 9.64. The molecule has 0 radical (unpaired) electrons. The number of aryl methyl sites for hydroxylation is 1. The predicted octanol–water partition coefficient (Wildman–Crippen LogP) is 2.33. The molecule has 17 heavy (non-hydrogen) atoms. The van der Waals surface area contributed by atoms with Gasteiger partial charge >= 0.3 is 0 Å². The minimum atomic E-state index is 0.360.